The van der Waals surface area contributed by atoms with E-state index in [2.05, 4.69) is 14.9 Å². The molecule has 0 saturated heterocycles. The molecule has 1 aromatic heterocycles. The van der Waals surface area contributed by atoms with Crippen molar-refractivity contribution >= 4 is 25.4 Å². The summed E-state index contributed by atoms with van der Waals surface area (Å²) in [6.45, 7) is 0. The van der Waals surface area contributed by atoms with Crippen LogP contribution < -0.4 is 0 Å². The highest BCUT2D eigenvalue weighted by Crippen LogP contribution is 2.14. The lowest BCUT2D eigenvalue weighted by Crippen LogP contribution is -2.00. The van der Waals surface area contributed by atoms with Crippen LogP contribution in [0, 0.1) is 5.82 Å². The van der Waals surface area contributed by atoms with Gasteiger partial charge in [-0.25, -0.2) is 9.18 Å². The standard InChI is InChI=1S/C11H10BFN2O2S/c12-17-11(16)10-15-14-9(18-10)6-3-7-1-4-8(13)5-2-7/h1-2,4-5H,3,6,12H2. The van der Waals surface area contributed by atoms with Crippen LogP contribution in [0.25, 0.3) is 0 Å². The predicted molar refractivity (Wildman–Crippen MR) is 67.7 cm³/mol. The van der Waals surface area contributed by atoms with Gasteiger partial charge < -0.3 is 4.65 Å². The van der Waals surface area contributed by atoms with E-state index in [4.69, 9.17) is 0 Å². The molecule has 18 heavy (non-hydrogen) atoms. The maximum Gasteiger partial charge on any atom is 0.351 e. The summed E-state index contributed by atoms with van der Waals surface area (Å²) in [5.74, 6) is -0.719. The van der Waals surface area contributed by atoms with Crippen molar-refractivity contribution in [2.24, 2.45) is 0 Å². The fourth-order valence-electron chi connectivity index (χ4n) is 1.43. The number of nitrogens with zero attached hydrogens (tertiary/aromatic N) is 2. The normalized spacial score (nSPS) is 10.3. The second-order valence-corrected chi connectivity index (χ2v) is 4.68. The Morgan fingerprint density at radius 2 is 2.00 bits per heavy atom. The third-order valence-corrected chi connectivity index (χ3v) is 3.33. The molecule has 0 aliphatic rings. The summed E-state index contributed by atoms with van der Waals surface area (Å²) in [7, 11) is 1.31. The van der Waals surface area contributed by atoms with E-state index in [0.29, 0.717) is 6.42 Å². The molecule has 2 aromatic rings. The zero-order valence-corrected chi connectivity index (χ0v) is 10.5. The monoisotopic (exact) mass is 264 g/mol. The number of rotatable bonds is 4. The van der Waals surface area contributed by atoms with Gasteiger partial charge in [0.2, 0.25) is 5.01 Å². The smallest absolute Gasteiger partial charge is 0.351 e. The van der Waals surface area contributed by atoms with Crippen molar-refractivity contribution in [3.8, 4) is 0 Å². The number of halogens is 1. The van der Waals surface area contributed by atoms with E-state index in [-0.39, 0.29) is 10.8 Å². The van der Waals surface area contributed by atoms with Gasteiger partial charge in [0.15, 0.2) is 0 Å². The number of aromatic nitrogens is 2. The van der Waals surface area contributed by atoms with Crippen LogP contribution in [-0.4, -0.2) is 24.2 Å². The van der Waals surface area contributed by atoms with E-state index in [9.17, 15) is 9.18 Å². The van der Waals surface area contributed by atoms with Crippen molar-refractivity contribution < 1.29 is 13.8 Å². The molecular weight excluding hydrogens is 254 g/mol. The lowest BCUT2D eigenvalue weighted by Gasteiger charge is -1.98. The van der Waals surface area contributed by atoms with E-state index >= 15 is 0 Å². The van der Waals surface area contributed by atoms with E-state index in [1.807, 2.05) is 0 Å². The van der Waals surface area contributed by atoms with Gasteiger partial charge in [0.1, 0.15) is 10.8 Å². The molecular formula is C11H10BFN2O2S. The van der Waals surface area contributed by atoms with Crippen LogP contribution in [0.5, 0.6) is 0 Å². The summed E-state index contributed by atoms with van der Waals surface area (Å²) in [5.41, 5.74) is 1.02. The molecule has 7 heteroatoms. The SMILES string of the molecule is BOC(=O)c1nnc(CCc2ccc(F)cc2)s1. The molecule has 0 aliphatic carbocycles. The van der Waals surface area contributed by atoms with E-state index in [1.165, 1.54) is 31.5 Å². The second kappa shape index (κ2) is 5.73. The minimum absolute atomic E-state index is 0.248. The van der Waals surface area contributed by atoms with Crippen LogP contribution in [-0.2, 0) is 17.5 Å². The molecule has 0 fully saturated rings. The summed E-state index contributed by atoms with van der Waals surface area (Å²) in [6.07, 6.45) is 1.40. The van der Waals surface area contributed by atoms with Crippen LogP contribution in [0.4, 0.5) is 4.39 Å². The Hall–Kier alpha value is -1.76. The molecule has 0 unspecified atom stereocenters. The number of benzene rings is 1. The average Bonchev–Trinajstić information content (AvgIpc) is 2.86. The molecule has 92 valence electrons. The number of hydrogen-bond donors (Lipinski definition) is 0. The van der Waals surface area contributed by atoms with Crippen molar-refractivity contribution in [3.63, 3.8) is 0 Å². The van der Waals surface area contributed by atoms with Gasteiger partial charge in [-0.05, 0) is 24.1 Å². The summed E-state index contributed by atoms with van der Waals surface area (Å²) < 4.78 is 17.3. The Morgan fingerprint density at radius 3 is 2.67 bits per heavy atom. The second-order valence-electron chi connectivity index (χ2n) is 3.62. The highest BCUT2D eigenvalue weighted by Gasteiger charge is 2.12. The zero-order valence-electron chi connectivity index (χ0n) is 9.72. The Kier molecular flexibility index (Phi) is 4.04. The van der Waals surface area contributed by atoms with E-state index in [1.54, 1.807) is 12.1 Å². The Morgan fingerprint density at radius 1 is 1.28 bits per heavy atom. The van der Waals surface area contributed by atoms with Gasteiger partial charge >= 0.3 is 14.0 Å². The minimum Gasteiger partial charge on any atom is -0.538 e. The summed E-state index contributed by atoms with van der Waals surface area (Å²) >= 11 is 1.22. The van der Waals surface area contributed by atoms with Gasteiger partial charge in [0.05, 0.1) is 0 Å². The molecule has 4 nitrogen and oxygen atoms in total. The van der Waals surface area contributed by atoms with Crippen LogP contribution in [0.15, 0.2) is 24.3 Å². The summed E-state index contributed by atoms with van der Waals surface area (Å²) in [5, 5.41) is 8.68. The largest absolute Gasteiger partial charge is 0.538 e. The average molecular weight is 264 g/mol. The van der Waals surface area contributed by atoms with Crippen molar-refractivity contribution in [1.82, 2.24) is 10.2 Å². The van der Waals surface area contributed by atoms with Crippen LogP contribution in [0.1, 0.15) is 20.4 Å². The van der Waals surface area contributed by atoms with Crippen molar-refractivity contribution in [2.45, 2.75) is 12.8 Å². The lowest BCUT2D eigenvalue weighted by atomic mass is 10.1. The maximum atomic E-state index is 12.7. The molecule has 0 amide bonds. The predicted octanol–water partition coefficient (Wildman–Crippen LogP) is 1.17. The molecule has 0 aliphatic heterocycles. The summed E-state index contributed by atoms with van der Waals surface area (Å²) in [4.78, 5) is 11.2. The fraction of sp³-hybridized carbons (Fsp3) is 0.182. The quantitative estimate of drug-likeness (QED) is 0.778. The van der Waals surface area contributed by atoms with E-state index < -0.39 is 5.97 Å². The van der Waals surface area contributed by atoms with Gasteiger partial charge in [-0.1, -0.05) is 23.5 Å². The number of aryl methyl sites for hydroxylation is 2. The molecule has 0 radical (unpaired) electrons. The fourth-order valence-corrected chi connectivity index (χ4v) is 2.18. The first-order valence-electron chi connectivity index (χ1n) is 5.34. The number of hydrogen-bond acceptors (Lipinski definition) is 5. The first kappa shape index (κ1) is 12.7. The third-order valence-electron chi connectivity index (χ3n) is 2.37. The van der Waals surface area contributed by atoms with Crippen molar-refractivity contribution in [3.05, 3.63) is 45.7 Å². The van der Waals surface area contributed by atoms with Crippen LogP contribution in [0.3, 0.4) is 0 Å². The molecule has 0 spiro atoms. The van der Waals surface area contributed by atoms with Gasteiger partial charge in [-0.3, -0.25) is 0 Å². The zero-order chi connectivity index (χ0) is 13.0. The highest BCUT2D eigenvalue weighted by molar-refractivity contribution is 7.13. The highest BCUT2D eigenvalue weighted by atomic mass is 32.1. The maximum absolute atomic E-state index is 12.7. The van der Waals surface area contributed by atoms with E-state index in [0.717, 1.165) is 17.0 Å². The first-order chi connectivity index (χ1) is 8.69. The Balaban J connectivity index is 1.96. The summed E-state index contributed by atoms with van der Waals surface area (Å²) in [6, 6.07) is 6.32. The first-order valence-corrected chi connectivity index (χ1v) is 6.16. The van der Waals surface area contributed by atoms with Gasteiger partial charge in [0.25, 0.3) is 0 Å². The minimum atomic E-state index is -0.472. The molecule has 1 aromatic carbocycles. The molecule has 0 N–H and O–H groups in total. The van der Waals surface area contributed by atoms with Gasteiger partial charge in [-0.15, -0.1) is 10.2 Å². The third kappa shape index (κ3) is 3.13. The topological polar surface area (TPSA) is 52.1 Å². The number of carbonyl (C=O) groups excluding carboxylic acids is 1. The molecule has 0 bridgehead atoms. The molecule has 2 rings (SSSR count). The lowest BCUT2D eigenvalue weighted by molar-refractivity contribution is 0.0748. The number of carbonyl (C=O) groups is 1. The van der Waals surface area contributed by atoms with Crippen molar-refractivity contribution in [2.75, 3.05) is 0 Å². The van der Waals surface area contributed by atoms with Crippen LogP contribution >= 0.6 is 11.3 Å². The van der Waals surface area contributed by atoms with Gasteiger partial charge in [-0.2, -0.15) is 0 Å². The van der Waals surface area contributed by atoms with Crippen LogP contribution in [0.2, 0.25) is 0 Å². The Bertz CT molecular complexity index is 544. The van der Waals surface area contributed by atoms with Crippen molar-refractivity contribution in [1.29, 1.82) is 0 Å². The Labute approximate surface area is 108 Å². The molecule has 0 atom stereocenters. The van der Waals surface area contributed by atoms with Gasteiger partial charge in [0, 0.05) is 6.42 Å². The molecule has 0 saturated carbocycles. The molecule has 1 heterocycles.